The summed E-state index contributed by atoms with van der Waals surface area (Å²) in [4.78, 5) is 14.6. The van der Waals surface area contributed by atoms with E-state index in [-0.39, 0.29) is 16.8 Å². The van der Waals surface area contributed by atoms with E-state index in [9.17, 15) is 13.2 Å². The van der Waals surface area contributed by atoms with Crippen molar-refractivity contribution in [1.29, 1.82) is 0 Å². The molecule has 0 unspecified atom stereocenters. The summed E-state index contributed by atoms with van der Waals surface area (Å²) in [6.07, 6.45) is 6.02. The average Bonchev–Trinajstić information content (AvgIpc) is 2.70. The summed E-state index contributed by atoms with van der Waals surface area (Å²) in [5.74, 6) is -0.168. The van der Waals surface area contributed by atoms with E-state index in [1.807, 2.05) is 0 Å². The zero-order valence-electron chi connectivity index (χ0n) is 17.2. The minimum absolute atomic E-state index is 0.168. The van der Waals surface area contributed by atoms with Gasteiger partial charge in [-0.05, 0) is 43.9 Å². The number of piperidine rings is 2. The molecule has 0 radical (unpaired) electrons. The lowest BCUT2D eigenvalue weighted by Gasteiger charge is -2.29. The first-order valence-corrected chi connectivity index (χ1v) is 12.1. The summed E-state index contributed by atoms with van der Waals surface area (Å²) in [6, 6.07) is 5.22. The van der Waals surface area contributed by atoms with Gasteiger partial charge in [-0.15, -0.1) is 0 Å². The zero-order chi connectivity index (χ0) is 20.1. The highest BCUT2D eigenvalue weighted by Crippen LogP contribution is 2.24. The summed E-state index contributed by atoms with van der Waals surface area (Å²) in [5.41, 5.74) is 1.13. The molecule has 3 rings (SSSR count). The van der Waals surface area contributed by atoms with E-state index in [1.54, 1.807) is 34.3 Å². The van der Waals surface area contributed by atoms with Crippen LogP contribution in [0, 0.1) is 6.92 Å². The van der Waals surface area contributed by atoms with Crippen LogP contribution < -0.4 is 10.2 Å². The third-order valence-corrected chi connectivity index (χ3v) is 8.06. The molecule has 2 fully saturated rings. The molecule has 1 amide bonds. The highest BCUT2D eigenvalue weighted by molar-refractivity contribution is 7.89. The first-order chi connectivity index (χ1) is 13.4. The minimum atomic E-state index is -3.55. The second-order valence-corrected chi connectivity index (χ2v) is 10.1. The van der Waals surface area contributed by atoms with Crippen LogP contribution in [0.1, 0.15) is 61.4 Å². The standard InChI is InChI=1S/C21H33N3O3S/c1-3-11-23-14-9-19(10-15-23)22-21(25)18-8-7-17(2)20(16-18)28(26,27)24-12-5-4-6-13-24/h7-8,16,19H,3-6,9-15H2,1-2H3,(H,22,25)/p+1. The maximum atomic E-state index is 13.1. The smallest absolute Gasteiger partial charge is 0.251 e. The molecule has 0 saturated carbocycles. The molecule has 7 heteroatoms. The fraction of sp³-hybridized carbons (Fsp3) is 0.667. The van der Waals surface area contributed by atoms with Gasteiger partial charge in [0.15, 0.2) is 0 Å². The average molecular weight is 409 g/mol. The predicted octanol–water partition coefficient (Wildman–Crippen LogP) is 1.36. The molecule has 6 nitrogen and oxygen atoms in total. The normalized spacial score (nSPS) is 24.1. The number of carbonyl (C=O) groups excluding carboxylic acids is 1. The topological polar surface area (TPSA) is 70.9 Å². The van der Waals surface area contributed by atoms with Gasteiger partial charge in [0, 0.05) is 37.5 Å². The monoisotopic (exact) mass is 408 g/mol. The van der Waals surface area contributed by atoms with Crippen LogP contribution in [-0.2, 0) is 10.0 Å². The SMILES string of the molecule is CCC[NH+]1CCC(NC(=O)c2ccc(C)c(S(=O)(=O)N3CCCCC3)c2)CC1. The Bertz CT molecular complexity index is 780. The van der Waals surface area contributed by atoms with Crippen LogP contribution in [0.25, 0.3) is 0 Å². The van der Waals surface area contributed by atoms with Crippen LogP contribution in [0.2, 0.25) is 0 Å². The molecule has 0 aromatic heterocycles. The first-order valence-electron chi connectivity index (χ1n) is 10.7. The third kappa shape index (κ3) is 4.93. The fourth-order valence-electron chi connectivity index (χ4n) is 4.31. The van der Waals surface area contributed by atoms with Gasteiger partial charge in [-0.25, -0.2) is 8.42 Å². The van der Waals surface area contributed by atoms with Gasteiger partial charge in [-0.1, -0.05) is 19.4 Å². The Labute approximate surface area is 169 Å². The van der Waals surface area contributed by atoms with E-state index < -0.39 is 10.0 Å². The number of rotatable bonds is 6. The molecule has 2 aliphatic heterocycles. The van der Waals surface area contributed by atoms with Crippen molar-refractivity contribution in [1.82, 2.24) is 9.62 Å². The predicted molar refractivity (Wildman–Crippen MR) is 110 cm³/mol. The van der Waals surface area contributed by atoms with Crippen molar-refractivity contribution in [2.24, 2.45) is 0 Å². The largest absolute Gasteiger partial charge is 0.349 e. The minimum Gasteiger partial charge on any atom is -0.349 e. The van der Waals surface area contributed by atoms with Crippen molar-refractivity contribution >= 4 is 15.9 Å². The second kappa shape index (κ2) is 9.37. The molecule has 2 heterocycles. The highest BCUT2D eigenvalue weighted by atomic mass is 32.2. The van der Waals surface area contributed by atoms with Crippen LogP contribution in [-0.4, -0.2) is 57.4 Å². The molecular formula is C21H34N3O3S+. The molecule has 0 atom stereocenters. The molecule has 0 bridgehead atoms. The van der Waals surface area contributed by atoms with Crippen LogP contribution in [0.5, 0.6) is 0 Å². The van der Waals surface area contributed by atoms with Gasteiger partial charge in [-0.3, -0.25) is 4.79 Å². The van der Waals surface area contributed by atoms with Crippen LogP contribution in [0.3, 0.4) is 0 Å². The summed E-state index contributed by atoms with van der Waals surface area (Å²) < 4.78 is 27.7. The number of quaternary nitrogens is 1. The second-order valence-electron chi connectivity index (χ2n) is 8.19. The van der Waals surface area contributed by atoms with Crippen LogP contribution in [0.15, 0.2) is 23.1 Å². The van der Waals surface area contributed by atoms with Crippen LogP contribution >= 0.6 is 0 Å². The highest BCUT2D eigenvalue weighted by Gasteiger charge is 2.29. The van der Waals surface area contributed by atoms with Gasteiger partial charge >= 0.3 is 0 Å². The van der Waals surface area contributed by atoms with Gasteiger partial charge in [-0.2, -0.15) is 4.31 Å². The fourth-order valence-corrected chi connectivity index (χ4v) is 6.07. The molecule has 28 heavy (non-hydrogen) atoms. The van der Waals surface area contributed by atoms with Gasteiger partial charge in [0.05, 0.1) is 24.5 Å². The number of sulfonamides is 1. The maximum absolute atomic E-state index is 13.1. The lowest BCUT2D eigenvalue weighted by molar-refractivity contribution is -0.905. The van der Waals surface area contributed by atoms with Gasteiger partial charge in [0.1, 0.15) is 0 Å². The summed E-state index contributed by atoms with van der Waals surface area (Å²) >= 11 is 0. The molecule has 2 saturated heterocycles. The maximum Gasteiger partial charge on any atom is 0.251 e. The number of nitrogens with one attached hydrogen (secondary N) is 2. The molecule has 1 aromatic carbocycles. The Balaban J connectivity index is 1.69. The summed E-state index contributed by atoms with van der Waals surface area (Å²) in [6.45, 7) is 8.49. The number of amides is 1. The van der Waals surface area contributed by atoms with Gasteiger partial charge in [0.25, 0.3) is 5.91 Å². The molecule has 2 N–H and O–H groups in total. The Morgan fingerprint density at radius 1 is 1.18 bits per heavy atom. The van der Waals surface area contributed by atoms with Gasteiger partial charge < -0.3 is 10.2 Å². The molecule has 0 aliphatic carbocycles. The van der Waals surface area contributed by atoms with Crippen molar-refractivity contribution in [2.75, 3.05) is 32.7 Å². The van der Waals surface area contributed by atoms with Crippen molar-refractivity contribution < 1.29 is 18.1 Å². The lowest BCUT2D eigenvalue weighted by Crippen LogP contribution is -3.13. The Kier molecular flexibility index (Phi) is 7.12. The van der Waals surface area contributed by atoms with E-state index in [0.717, 1.165) is 45.2 Å². The van der Waals surface area contributed by atoms with Crippen molar-refractivity contribution in [2.45, 2.75) is 63.3 Å². The van der Waals surface area contributed by atoms with Crippen molar-refractivity contribution in [3.63, 3.8) is 0 Å². The molecular weight excluding hydrogens is 374 g/mol. The van der Waals surface area contributed by atoms with Crippen LogP contribution in [0.4, 0.5) is 0 Å². The Hall–Kier alpha value is -1.44. The number of hydrogen-bond donors (Lipinski definition) is 2. The lowest BCUT2D eigenvalue weighted by atomic mass is 10.0. The molecule has 1 aromatic rings. The van der Waals surface area contributed by atoms with E-state index in [0.29, 0.717) is 24.2 Å². The van der Waals surface area contributed by atoms with E-state index >= 15 is 0 Å². The number of carbonyl (C=O) groups is 1. The number of nitrogens with zero attached hydrogens (tertiary/aromatic N) is 1. The number of aryl methyl sites for hydroxylation is 1. The van der Waals surface area contributed by atoms with E-state index in [2.05, 4.69) is 12.2 Å². The first kappa shape index (κ1) is 21.3. The molecule has 156 valence electrons. The molecule has 2 aliphatic rings. The number of benzene rings is 1. The quantitative estimate of drug-likeness (QED) is 0.747. The zero-order valence-corrected chi connectivity index (χ0v) is 18.0. The Morgan fingerprint density at radius 2 is 1.86 bits per heavy atom. The summed E-state index contributed by atoms with van der Waals surface area (Å²) in [7, 11) is -3.55. The summed E-state index contributed by atoms with van der Waals surface area (Å²) in [5, 5.41) is 3.11. The van der Waals surface area contributed by atoms with Crippen molar-refractivity contribution in [3.05, 3.63) is 29.3 Å². The van der Waals surface area contributed by atoms with E-state index in [4.69, 9.17) is 0 Å². The Morgan fingerprint density at radius 3 is 2.50 bits per heavy atom. The number of hydrogen-bond acceptors (Lipinski definition) is 3. The number of likely N-dealkylation sites (tertiary alicyclic amines) is 1. The van der Waals surface area contributed by atoms with Crippen molar-refractivity contribution in [3.8, 4) is 0 Å². The molecule has 0 spiro atoms. The van der Waals surface area contributed by atoms with Gasteiger partial charge in [0.2, 0.25) is 10.0 Å². The third-order valence-electron chi connectivity index (χ3n) is 6.01. The van der Waals surface area contributed by atoms with E-state index in [1.165, 1.54) is 13.0 Å².